The van der Waals surface area contributed by atoms with Crippen molar-refractivity contribution in [1.82, 2.24) is 9.78 Å². The van der Waals surface area contributed by atoms with Crippen LogP contribution in [0.25, 0.3) is 11.1 Å². The molecule has 0 fully saturated rings. The van der Waals surface area contributed by atoms with Crippen LogP contribution < -0.4 is 5.32 Å². The summed E-state index contributed by atoms with van der Waals surface area (Å²) >= 11 is 6.13. The Morgan fingerprint density at radius 2 is 1.83 bits per heavy atom. The van der Waals surface area contributed by atoms with Gasteiger partial charge in [0, 0.05) is 18.2 Å². The van der Waals surface area contributed by atoms with Crippen LogP contribution in [0.5, 0.6) is 0 Å². The normalized spacial score (nSPS) is 10.8. The van der Waals surface area contributed by atoms with Gasteiger partial charge in [0.05, 0.1) is 32.7 Å². The van der Waals surface area contributed by atoms with Gasteiger partial charge in [-0.2, -0.15) is 5.10 Å². The molecule has 150 valence electrons. The number of aromatic nitrogens is 2. The Hall–Kier alpha value is -3.60. The molecular weight excluding hydrogens is 412 g/mol. The number of hydrogen-bond donors (Lipinski definition) is 1. The smallest absolute Gasteiger partial charge is 0.302 e. The molecule has 2 aromatic carbocycles. The third-order valence-corrected chi connectivity index (χ3v) is 4.44. The predicted octanol–water partition coefficient (Wildman–Crippen LogP) is 4.89. The highest BCUT2D eigenvalue weighted by Gasteiger charge is 2.27. The van der Waals surface area contributed by atoms with Crippen LogP contribution in [0, 0.1) is 38.8 Å². The van der Waals surface area contributed by atoms with Crippen LogP contribution in [0.3, 0.4) is 0 Å². The summed E-state index contributed by atoms with van der Waals surface area (Å²) in [6.45, 7) is 1.63. The summed E-state index contributed by atoms with van der Waals surface area (Å²) in [4.78, 5) is 20.4. The molecule has 3 rings (SSSR count). The summed E-state index contributed by atoms with van der Waals surface area (Å²) in [5, 5.41) is 29.1. The summed E-state index contributed by atoms with van der Waals surface area (Å²) in [6, 6.07) is 4.88. The Bertz CT molecular complexity index is 1170. The molecule has 9 nitrogen and oxygen atoms in total. The maximum atomic E-state index is 14.5. The van der Waals surface area contributed by atoms with E-state index in [0.717, 1.165) is 6.07 Å². The lowest BCUT2D eigenvalue weighted by molar-refractivity contribution is -0.393. The van der Waals surface area contributed by atoms with E-state index in [0.29, 0.717) is 29.0 Å². The van der Waals surface area contributed by atoms with Crippen molar-refractivity contribution in [2.45, 2.75) is 6.92 Å². The summed E-state index contributed by atoms with van der Waals surface area (Å²) in [7, 11) is 1.51. The number of nitro groups is 2. The number of nitrogens with zero attached hydrogens (tertiary/aromatic N) is 4. The highest BCUT2D eigenvalue weighted by Crippen LogP contribution is 2.40. The number of hydrogen-bond acceptors (Lipinski definition) is 6. The maximum Gasteiger partial charge on any atom is 0.302 e. The molecule has 0 aliphatic carbocycles. The van der Waals surface area contributed by atoms with E-state index in [2.05, 4.69) is 10.4 Å². The number of benzene rings is 2. The van der Waals surface area contributed by atoms with E-state index < -0.39 is 38.5 Å². The van der Waals surface area contributed by atoms with Crippen LogP contribution in [0.1, 0.15) is 5.69 Å². The molecule has 29 heavy (non-hydrogen) atoms. The lowest BCUT2D eigenvalue weighted by Crippen LogP contribution is -2.06. The van der Waals surface area contributed by atoms with E-state index in [1.807, 2.05) is 0 Å². The van der Waals surface area contributed by atoms with Crippen molar-refractivity contribution in [2.24, 2.45) is 7.05 Å². The van der Waals surface area contributed by atoms with Crippen molar-refractivity contribution in [3.05, 3.63) is 72.9 Å². The van der Waals surface area contributed by atoms with Crippen molar-refractivity contribution in [2.75, 3.05) is 5.32 Å². The first-order valence-electron chi connectivity index (χ1n) is 7.98. The first kappa shape index (κ1) is 20.1. The topological polar surface area (TPSA) is 116 Å². The molecule has 0 saturated heterocycles. The summed E-state index contributed by atoms with van der Waals surface area (Å²) in [5.74, 6) is -1.63. The maximum absolute atomic E-state index is 14.5. The van der Waals surface area contributed by atoms with E-state index in [9.17, 15) is 29.0 Å². The zero-order valence-corrected chi connectivity index (χ0v) is 15.7. The molecule has 1 heterocycles. The molecule has 0 unspecified atom stereocenters. The number of halogens is 3. The molecule has 1 aromatic heterocycles. The average Bonchev–Trinajstić information content (AvgIpc) is 2.89. The van der Waals surface area contributed by atoms with E-state index in [4.69, 9.17) is 11.6 Å². The Morgan fingerprint density at radius 3 is 2.41 bits per heavy atom. The molecular formula is C17H12ClF2N5O4. The monoisotopic (exact) mass is 423 g/mol. The van der Waals surface area contributed by atoms with Gasteiger partial charge in [-0.15, -0.1) is 0 Å². The van der Waals surface area contributed by atoms with E-state index in [1.165, 1.54) is 23.9 Å². The molecule has 3 aromatic rings. The second-order valence-electron chi connectivity index (χ2n) is 6.02. The lowest BCUT2D eigenvalue weighted by atomic mass is 10.1. The number of non-ortho nitro benzene ring substituents is 1. The Morgan fingerprint density at radius 1 is 1.14 bits per heavy atom. The molecule has 0 aliphatic rings. The zero-order valence-electron chi connectivity index (χ0n) is 14.9. The van der Waals surface area contributed by atoms with Crippen LogP contribution in [0.15, 0.2) is 30.3 Å². The van der Waals surface area contributed by atoms with Gasteiger partial charge in [-0.25, -0.2) is 8.78 Å². The van der Waals surface area contributed by atoms with Crippen LogP contribution in [-0.2, 0) is 7.05 Å². The third-order valence-electron chi connectivity index (χ3n) is 4.13. The van der Waals surface area contributed by atoms with Gasteiger partial charge < -0.3 is 5.32 Å². The van der Waals surface area contributed by atoms with Crippen LogP contribution in [-0.4, -0.2) is 19.6 Å². The average molecular weight is 424 g/mol. The van der Waals surface area contributed by atoms with E-state index >= 15 is 0 Å². The van der Waals surface area contributed by atoms with Gasteiger partial charge >= 0.3 is 5.69 Å². The fourth-order valence-corrected chi connectivity index (χ4v) is 3.15. The van der Waals surface area contributed by atoms with Crippen LogP contribution in [0.4, 0.5) is 31.7 Å². The number of aryl methyl sites for hydroxylation is 2. The molecule has 0 amide bonds. The zero-order chi connectivity index (χ0) is 21.5. The van der Waals surface area contributed by atoms with Gasteiger partial charge in [0.1, 0.15) is 11.6 Å². The number of rotatable bonds is 5. The van der Waals surface area contributed by atoms with Crippen molar-refractivity contribution in [3.8, 4) is 11.1 Å². The van der Waals surface area contributed by atoms with Gasteiger partial charge in [-0.05, 0) is 25.1 Å². The number of nitrogens with one attached hydrogen (secondary N) is 1. The number of anilines is 2. The van der Waals surface area contributed by atoms with Gasteiger partial charge in [-0.3, -0.25) is 24.9 Å². The summed E-state index contributed by atoms with van der Waals surface area (Å²) in [5.41, 5.74) is -0.998. The molecule has 0 atom stereocenters. The standard InChI is InChI=1S/C17H12ClF2N5O4/c1-8-15(11-4-3-9(19)5-12(11)18)17(23(2)22-8)21-16-13(20)6-10(24(26)27)7-14(16)25(28)29/h3-7,21H,1-2H3. The first-order chi connectivity index (χ1) is 13.6. The molecule has 1 N–H and O–H groups in total. The first-order valence-corrected chi connectivity index (χ1v) is 8.36. The molecule has 0 aliphatic heterocycles. The Labute approximate surface area is 166 Å². The fourth-order valence-electron chi connectivity index (χ4n) is 2.89. The van der Waals surface area contributed by atoms with Crippen LogP contribution in [0.2, 0.25) is 5.02 Å². The van der Waals surface area contributed by atoms with Crippen molar-refractivity contribution < 1.29 is 18.6 Å². The summed E-state index contributed by atoms with van der Waals surface area (Å²) < 4.78 is 29.3. The minimum Gasteiger partial charge on any atom is -0.332 e. The van der Waals surface area contributed by atoms with Gasteiger partial charge in [0.25, 0.3) is 5.69 Å². The molecule has 0 saturated carbocycles. The third kappa shape index (κ3) is 3.72. The Balaban J connectivity index is 2.20. The second-order valence-corrected chi connectivity index (χ2v) is 6.42. The van der Waals surface area contributed by atoms with Crippen molar-refractivity contribution in [1.29, 1.82) is 0 Å². The van der Waals surface area contributed by atoms with Gasteiger partial charge in [0.15, 0.2) is 11.5 Å². The molecule has 0 bridgehead atoms. The van der Waals surface area contributed by atoms with Crippen LogP contribution >= 0.6 is 11.6 Å². The fraction of sp³-hybridized carbons (Fsp3) is 0.118. The van der Waals surface area contributed by atoms with E-state index in [-0.39, 0.29) is 10.8 Å². The molecule has 0 radical (unpaired) electrons. The molecule has 12 heteroatoms. The minimum atomic E-state index is -1.19. The molecule has 0 spiro atoms. The van der Waals surface area contributed by atoms with E-state index in [1.54, 1.807) is 6.92 Å². The highest BCUT2D eigenvalue weighted by atomic mass is 35.5. The van der Waals surface area contributed by atoms with Gasteiger partial charge in [0.2, 0.25) is 0 Å². The highest BCUT2D eigenvalue weighted by molar-refractivity contribution is 6.33. The van der Waals surface area contributed by atoms with Gasteiger partial charge in [-0.1, -0.05) is 11.6 Å². The van der Waals surface area contributed by atoms with Crippen molar-refractivity contribution >= 4 is 34.5 Å². The summed E-state index contributed by atoms with van der Waals surface area (Å²) in [6.07, 6.45) is 0. The number of nitro benzene ring substituents is 2. The minimum absolute atomic E-state index is 0.0582. The van der Waals surface area contributed by atoms with Crippen molar-refractivity contribution in [3.63, 3.8) is 0 Å². The lowest BCUT2D eigenvalue weighted by Gasteiger charge is -2.12. The predicted molar refractivity (Wildman–Crippen MR) is 101 cm³/mol. The quantitative estimate of drug-likeness (QED) is 0.461. The SMILES string of the molecule is Cc1nn(C)c(Nc2c(F)cc([N+](=O)[O-])cc2[N+](=O)[O-])c1-c1ccc(F)cc1Cl. The Kier molecular flexibility index (Phi) is 5.16. The largest absolute Gasteiger partial charge is 0.332 e. The second kappa shape index (κ2) is 7.43.